The van der Waals surface area contributed by atoms with Crippen molar-refractivity contribution in [3.8, 4) is 6.07 Å². The molecule has 7 nitrogen and oxygen atoms in total. The molecule has 1 aromatic carbocycles. The number of nitrogens with zero attached hydrogens (tertiary/aromatic N) is 3. The van der Waals surface area contributed by atoms with Gasteiger partial charge < -0.3 is 15.4 Å². The summed E-state index contributed by atoms with van der Waals surface area (Å²) in [6.45, 7) is 1.41. The minimum atomic E-state index is -0.549. The van der Waals surface area contributed by atoms with Gasteiger partial charge in [0.1, 0.15) is 6.04 Å². The number of benzene rings is 1. The first-order valence-corrected chi connectivity index (χ1v) is 10.3. The van der Waals surface area contributed by atoms with Gasteiger partial charge in [-0.2, -0.15) is 5.26 Å². The highest BCUT2D eigenvalue weighted by atomic mass is 32.2. The fourth-order valence-corrected chi connectivity index (χ4v) is 4.80. The van der Waals surface area contributed by atoms with Crippen LogP contribution in [0.15, 0.2) is 24.3 Å². The molecule has 28 heavy (non-hydrogen) atoms. The Kier molecular flexibility index (Phi) is 5.20. The Morgan fingerprint density at radius 1 is 1.39 bits per heavy atom. The van der Waals surface area contributed by atoms with E-state index in [1.165, 1.54) is 0 Å². The summed E-state index contributed by atoms with van der Waals surface area (Å²) in [4.78, 5) is 30.8. The van der Waals surface area contributed by atoms with Crippen LogP contribution < -0.4 is 5.73 Å². The molecule has 2 atom stereocenters. The summed E-state index contributed by atoms with van der Waals surface area (Å²) in [6.07, 6.45) is 0.985. The second-order valence-electron chi connectivity index (χ2n) is 7.05. The number of ether oxygens (including phenoxy) is 1. The minimum Gasteiger partial charge on any atom is -0.381 e. The Labute approximate surface area is 166 Å². The van der Waals surface area contributed by atoms with Crippen LogP contribution in [-0.2, 0) is 16.0 Å². The summed E-state index contributed by atoms with van der Waals surface area (Å²) in [7, 11) is 0. The molecule has 4 rings (SSSR count). The van der Waals surface area contributed by atoms with E-state index in [9.17, 15) is 14.9 Å². The number of carbonyl (C=O) groups excluding carboxylic acids is 2. The molecule has 0 spiro atoms. The van der Waals surface area contributed by atoms with Crippen molar-refractivity contribution in [2.45, 2.75) is 24.8 Å². The quantitative estimate of drug-likeness (QED) is 0.844. The lowest BCUT2D eigenvalue weighted by Gasteiger charge is -2.18. The highest BCUT2D eigenvalue weighted by molar-refractivity contribution is 7.99. The summed E-state index contributed by atoms with van der Waals surface area (Å²) in [5, 5.41) is 9.88. The molecule has 2 fully saturated rings. The van der Waals surface area contributed by atoms with Gasteiger partial charge in [0.25, 0.3) is 0 Å². The van der Waals surface area contributed by atoms with Crippen LogP contribution in [-0.4, -0.2) is 52.6 Å². The number of pyridine rings is 1. The fourth-order valence-electron chi connectivity index (χ4n) is 3.70. The van der Waals surface area contributed by atoms with Crippen LogP contribution in [0.5, 0.6) is 0 Å². The third kappa shape index (κ3) is 3.55. The molecule has 2 amide bonds. The van der Waals surface area contributed by atoms with Gasteiger partial charge in [-0.05, 0) is 30.2 Å². The lowest BCUT2D eigenvalue weighted by Crippen LogP contribution is -2.36. The van der Waals surface area contributed by atoms with E-state index in [1.54, 1.807) is 22.7 Å². The molecule has 3 heterocycles. The zero-order valence-electron chi connectivity index (χ0n) is 15.3. The SMILES string of the molecule is N#C[C@@H]1CSCN1C(=O)Cc1cc(C(N)=O)c2cc([C@H]3CCOC3)ccc2n1. The Bertz CT molecular complexity index is 981. The maximum atomic E-state index is 12.6. The first-order chi connectivity index (χ1) is 13.6. The van der Waals surface area contributed by atoms with Gasteiger partial charge in [0, 0.05) is 23.7 Å². The van der Waals surface area contributed by atoms with Crippen LogP contribution in [0.4, 0.5) is 0 Å². The number of nitrogens with two attached hydrogens (primary N) is 1. The van der Waals surface area contributed by atoms with E-state index in [0.29, 0.717) is 46.3 Å². The van der Waals surface area contributed by atoms with Crippen molar-refractivity contribution >= 4 is 34.5 Å². The van der Waals surface area contributed by atoms with Crippen LogP contribution >= 0.6 is 11.8 Å². The van der Waals surface area contributed by atoms with Crippen LogP contribution in [0.3, 0.4) is 0 Å². The third-order valence-corrected chi connectivity index (χ3v) is 6.25. The predicted molar refractivity (Wildman–Crippen MR) is 106 cm³/mol. The summed E-state index contributed by atoms with van der Waals surface area (Å²) < 4.78 is 5.46. The highest BCUT2D eigenvalue weighted by Crippen LogP contribution is 2.29. The summed E-state index contributed by atoms with van der Waals surface area (Å²) in [6, 6.07) is 9.16. The molecule has 144 valence electrons. The molecule has 2 N–H and O–H groups in total. The number of aromatic nitrogens is 1. The lowest BCUT2D eigenvalue weighted by atomic mass is 9.95. The van der Waals surface area contributed by atoms with Crippen LogP contribution in [0, 0.1) is 11.3 Å². The van der Waals surface area contributed by atoms with Gasteiger partial charge in [-0.25, -0.2) is 0 Å². The fraction of sp³-hybridized carbons (Fsp3) is 0.400. The molecular weight excluding hydrogens is 376 g/mol. The molecule has 2 aliphatic heterocycles. The van der Waals surface area contributed by atoms with Crippen molar-refractivity contribution in [3.05, 3.63) is 41.1 Å². The molecule has 2 saturated heterocycles. The third-order valence-electron chi connectivity index (χ3n) is 5.24. The van der Waals surface area contributed by atoms with Crippen molar-refractivity contribution in [2.75, 3.05) is 24.8 Å². The molecule has 0 bridgehead atoms. The van der Waals surface area contributed by atoms with E-state index >= 15 is 0 Å². The number of rotatable bonds is 4. The summed E-state index contributed by atoms with van der Waals surface area (Å²) in [5.41, 5.74) is 8.20. The van der Waals surface area contributed by atoms with Crippen molar-refractivity contribution in [1.82, 2.24) is 9.88 Å². The van der Waals surface area contributed by atoms with Crippen molar-refractivity contribution in [2.24, 2.45) is 5.73 Å². The number of hydrogen-bond acceptors (Lipinski definition) is 6. The highest BCUT2D eigenvalue weighted by Gasteiger charge is 2.29. The van der Waals surface area contributed by atoms with E-state index in [2.05, 4.69) is 11.1 Å². The van der Waals surface area contributed by atoms with Crippen LogP contribution in [0.1, 0.15) is 34.0 Å². The Morgan fingerprint density at radius 2 is 2.25 bits per heavy atom. The molecule has 2 aliphatic rings. The molecule has 2 aromatic rings. The van der Waals surface area contributed by atoms with Crippen molar-refractivity contribution in [3.63, 3.8) is 0 Å². The number of primary amides is 1. The van der Waals surface area contributed by atoms with Gasteiger partial charge in [-0.1, -0.05) is 6.07 Å². The van der Waals surface area contributed by atoms with Crippen molar-refractivity contribution < 1.29 is 14.3 Å². The lowest BCUT2D eigenvalue weighted by molar-refractivity contribution is -0.130. The maximum Gasteiger partial charge on any atom is 0.249 e. The standard InChI is InChI=1S/C20H20N4O3S/c21-8-15-10-28-11-24(15)19(25)7-14-6-17(20(22)26)16-5-12(1-2-18(16)23-14)13-3-4-27-9-13/h1-2,5-6,13,15H,3-4,7,9-11H2,(H2,22,26)/t13-,15+/m0/s1. The van der Waals surface area contributed by atoms with E-state index in [0.717, 1.165) is 18.6 Å². The van der Waals surface area contributed by atoms with Gasteiger partial charge >= 0.3 is 0 Å². The minimum absolute atomic E-state index is 0.0349. The first-order valence-electron chi connectivity index (χ1n) is 9.15. The molecule has 0 aliphatic carbocycles. The van der Waals surface area contributed by atoms with E-state index in [-0.39, 0.29) is 12.3 Å². The first kappa shape index (κ1) is 18.7. The molecule has 0 saturated carbocycles. The van der Waals surface area contributed by atoms with Gasteiger partial charge in [0.2, 0.25) is 11.8 Å². The molecule has 0 radical (unpaired) electrons. The van der Waals surface area contributed by atoms with Gasteiger partial charge in [0.05, 0.1) is 41.7 Å². The number of thioether (sulfide) groups is 1. The van der Waals surface area contributed by atoms with E-state index in [1.807, 2.05) is 18.2 Å². The molecular formula is C20H20N4O3S. The Morgan fingerprint density at radius 3 is 2.96 bits per heavy atom. The van der Waals surface area contributed by atoms with Crippen LogP contribution in [0.25, 0.3) is 10.9 Å². The van der Waals surface area contributed by atoms with Gasteiger partial charge in [0.15, 0.2) is 0 Å². The predicted octanol–water partition coefficient (Wildman–Crippen LogP) is 1.81. The maximum absolute atomic E-state index is 12.6. The Hall–Kier alpha value is -2.63. The van der Waals surface area contributed by atoms with E-state index < -0.39 is 11.9 Å². The second-order valence-corrected chi connectivity index (χ2v) is 8.05. The zero-order chi connectivity index (χ0) is 19.7. The number of nitriles is 1. The molecule has 8 heteroatoms. The van der Waals surface area contributed by atoms with Crippen molar-refractivity contribution in [1.29, 1.82) is 5.26 Å². The molecule has 0 unspecified atom stereocenters. The average molecular weight is 396 g/mol. The van der Waals surface area contributed by atoms with Gasteiger partial charge in [-0.3, -0.25) is 14.6 Å². The average Bonchev–Trinajstić information content (AvgIpc) is 3.38. The number of amides is 2. The zero-order valence-corrected chi connectivity index (χ0v) is 16.1. The monoisotopic (exact) mass is 396 g/mol. The molecule has 1 aromatic heterocycles. The largest absolute Gasteiger partial charge is 0.381 e. The van der Waals surface area contributed by atoms with Gasteiger partial charge in [-0.15, -0.1) is 11.8 Å². The van der Waals surface area contributed by atoms with Crippen LogP contribution in [0.2, 0.25) is 0 Å². The van der Waals surface area contributed by atoms with E-state index in [4.69, 9.17) is 10.5 Å². The summed E-state index contributed by atoms with van der Waals surface area (Å²) >= 11 is 1.56. The normalized spacial score (nSPS) is 21.8. The topological polar surface area (TPSA) is 109 Å². The Balaban J connectivity index is 1.66. The number of fused-ring (bicyclic) bond motifs is 1. The second kappa shape index (κ2) is 7.78. The number of carbonyl (C=O) groups is 2. The summed E-state index contributed by atoms with van der Waals surface area (Å²) in [5.74, 6) is 0.710. The smallest absolute Gasteiger partial charge is 0.249 e. The number of hydrogen-bond donors (Lipinski definition) is 1.